The SMILES string of the molecule is COc1ccc(-c2nc3n(n2)[C@@H](CC(=O)Nc2ccc(F)cc2)C(=O)N3)cc1. The summed E-state index contributed by atoms with van der Waals surface area (Å²) in [6.45, 7) is 0. The van der Waals surface area contributed by atoms with Crippen LogP contribution in [0.2, 0.25) is 0 Å². The van der Waals surface area contributed by atoms with Gasteiger partial charge in [0.1, 0.15) is 17.6 Å². The van der Waals surface area contributed by atoms with E-state index in [0.717, 1.165) is 5.56 Å². The number of halogens is 1. The molecule has 0 fully saturated rings. The van der Waals surface area contributed by atoms with Gasteiger partial charge in [-0.25, -0.2) is 9.07 Å². The first-order chi connectivity index (χ1) is 13.5. The number of carbonyl (C=O) groups excluding carboxylic acids is 2. The van der Waals surface area contributed by atoms with Crippen LogP contribution in [0.5, 0.6) is 5.75 Å². The second kappa shape index (κ2) is 7.10. The van der Waals surface area contributed by atoms with Gasteiger partial charge in [0.05, 0.1) is 13.5 Å². The Morgan fingerprint density at radius 1 is 1.21 bits per heavy atom. The molecule has 0 unspecified atom stereocenters. The van der Waals surface area contributed by atoms with Crippen LogP contribution in [0.25, 0.3) is 11.4 Å². The molecule has 4 rings (SSSR count). The topological polar surface area (TPSA) is 98.1 Å². The molecule has 1 atom stereocenters. The van der Waals surface area contributed by atoms with E-state index in [0.29, 0.717) is 17.3 Å². The van der Waals surface area contributed by atoms with Crippen molar-refractivity contribution >= 4 is 23.5 Å². The van der Waals surface area contributed by atoms with Crippen molar-refractivity contribution < 1.29 is 18.7 Å². The molecule has 2 N–H and O–H groups in total. The van der Waals surface area contributed by atoms with E-state index in [2.05, 4.69) is 20.7 Å². The Kier molecular flexibility index (Phi) is 4.48. The number of carbonyl (C=O) groups is 2. The Morgan fingerprint density at radius 2 is 1.93 bits per heavy atom. The fourth-order valence-corrected chi connectivity index (χ4v) is 2.89. The van der Waals surface area contributed by atoms with Gasteiger partial charge in [-0.15, -0.1) is 5.10 Å². The summed E-state index contributed by atoms with van der Waals surface area (Å²) in [7, 11) is 1.58. The lowest BCUT2D eigenvalue weighted by Crippen LogP contribution is -2.23. The Hall–Kier alpha value is -3.75. The Labute approximate surface area is 159 Å². The molecule has 0 saturated heterocycles. The minimum absolute atomic E-state index is 0.123. The van der Waals surface area contributed by atoms with E-state index in [1.165, 1.54) is 28.9 Å². The van der Waals surface area contributed by atoms with Crippen LogP contribution < -0.4 is 15.4 Å². The zero-order chi connectivity index (χ0) is 19.7. The fraction of sp³-hybridized carbons (Fsp3) is 0.158. The maximum atomic E-state index is 13.0. The first-order valence-electron chi connectivity index (χ1n) is 8.51. The molecule has 8 nitrogen and oxygen atoms in total. The first-order valence-corrected chi connectivity index (χ1v) is 8.51. The molecule has 0 radical (unpaired) electrons. The molecule has 3 aromatic rings. The average molecular weight is 381 g/mol. The normalized spacial score (nSPS) is 15.1. The van der Waals surface area contributed by atoms with Gasteiger partial charge < -0.3 is 10.1 Å². The van der Waals surface area contributed by atoms with Crippen LogP contribution in [0.1, 0.15) is 12.5 Å². The van der Waals surface area contributed by atoms with Crippen molar-refractivity contribution in [1.82, 2.24) is 14.8 Å². The highest BCUT2D eigenvalue weighted by Crippen LogP contribution is 2.29. The highest BCUT2D eigenvalue weighted by atomic mass is 19.1. The predicted octanol–water partition coefficient (Wildman–Crippen LogP) is 2.61. The van der Waals surface area contributed by atoms with Crippen LogP contribution in [-0.4, -0.2) is 33.7 Å². The van der Waals surface area contributed by atoms with Crippen LogP contribution >= 0.6 is 0 Å². The van der Waals surface area contributed by atoms with E-state index in [9.17, 15) is 14.0 Å². The molecule has 2 aromatic carbocycles. The van der Waals surface area contributed by atoms with Crippen LogP contribution in [-0.2, 0) is 9.59 Å². The Balaban J connectivity index is 1.50. The summed E-state index contributed by atoms with van der Waals surface area (Å²) in [5.41, 5.74) is 1.20. The summed E-state index contributed by atoms with van der Waals surface area (Å²) < 4.78 is 19.5. The number of methoxy groups -OCH3 is 1. The van der Waals surface area contributed by atoms with Crippen molar-refractivity contribution in [2.75, 3.05) is 17.7 Å². The van der Waals surface area contributed by atoms with Crippen molar-refractivity contribution in [2.45, 2.75) is 12.5 Å². The third kappa shape index (κ3) is 3.41. The van der Waals surface area contributed by atoms with E-state index in [1.54, 1.807) is 19.2 Å². The predicted molar refractivity (Wildman–Crippen MR) is 99.3 cm³/mol. The summed E-state index contributed by atoms with van der Waals surface area (Å²) >= 11 is 0. The van der Waals surface area contributed by atoms with Gasteiger partial charge >= 0.3 is 0 Å². The molecule has 0 spiro atoms. The Morgan fingerprint density at radius 3 is 2.61 bits per heavy atom. The molecule has 1 aliphatic heterocycles. The second-order valence-corrected chi connectivity index (χ2v) is 6.20. The maximum absolute atomic E-state index is 13.0. The Bertz CT molecular complexity index is 1030. The van der Waals surface area contributed by atoms with E-state index >= 15 is 0 Å². The van der Waals surface area contributed by atoms with Crippen molar-refractivity contribution in [3.05, 3.63) is 54.3 Å². The van der Waals surface area contributed by atoms with Gasteiger partial charge in [0.15, 0.2) is 5.82 Å². The van der Waals surface area contributed by atoms with Crippen molar-refractivity contribution in [1.29, 1.82) is 0 Å². The standard InChI is InChI=1S/C19H16FN5O3/c1-28-14-8-2-11(3-9-14)17-22-19-23-18(27)15(25(19)24-17)10-16(26)21-13-6-4-12(20)5-7-13/h2-9,15H,10H2,1H3,(H,21,26)(H,22,23,24,27)/t15-/m0/s1. The quantitative estimate of drug-likeness (QED) is 0.708. The number of rotatable bonds is 5. The fourth-order valence-electron chi connectivity index (χ4n) is 2.89. The maximum Gasteiger partial charge on any atom is 0.252 e. The molecule has 9 heteroatoms. The number of nitrogens with one attached hydrogen (secondary N) is 2. The van der Waals surface area contributed by atoms with Crippen LogP contribution in [0, 0.1) is 5.82 Å². The lowest BCUT2D eigenvalue weighted by molar-refractivity contribution is -0.123. The van der Waals surface area contributed by atoms with Crippen molar-refractivity contribution in [2.24, 2.45) is 0 Å². The van der Waals surface area contributed by atoms with E-state index in [1.807, 2.05) is 12.1 Å². The van der Waals surface area contributed by atoms with Crippen LogP contribution in [0.3, 0.4) is 0 Å². The van der Waals surface area contributed by atoms with Gasteiger partial charge in [-0.1, -0.05) is 0 Å². The molecular formula is C19H16FN5O3. The number of nitrogens with zero attached hydrogens (tertiary/aromatic N) is 3. The molecule has 28 heavy (non-hydrogen) atoms. The first kappa shape index (κ1) is 17.7. The van der Waals surface area contributed by atoms with Gasteiger partial charge in [0.25, 0.3) is 5.91 Å². The van der Waals surface area contributed by atoms with Gasteiger partial charge in [0.2, 0.25) is 11.9 Å². The largest absolute Gasteiger partial charge is 0.497 e. The molecule has 2 amide bonds. The van der Waals surface area contributed by atoms with Crippen molar-refractivity contribution in [3.63, 3.8) is 0 Å². The molecule has 0 aliphatic carbocycles. The number of aromatic nitrogens is 3. The van der Waals surface area contributed by atoms with Crippen molar-refractivity contribution in [3.8, 4) is 17.1 Å². The molecule has 1 aliphatic rings. The second-order valence-electron chi connectivity index (χ2n) is 6.20. The summed E-state index contributed by atoms with van der Waals surface area (Å²) in [6, 6.07) is 11.8. The zero-order valence-corrected chi connectivity index (χ0v) is 14.8. The van der Waals surface area contributed by atoms with Gasteiger partial charge in [-0.2, -0.15) is 4.98 Å². The van der Waals surface area contributed by atoms with E-state index in [4.69, 9.17) is 4.74 Å². The number of amides is 2. The highest BCUT2D eigenvalue weighted by molar-refractivity contribution is 6.01. The lowest BCUT2D eigenvalue weighted by Gasteiger charge is -2.10. The van der Waals surface area contributed by atoms with Crippen LogP contribution in [0.15, 0.2) is 48.5 Å². The molecule has 2 heterocycles. The van der Waals surface area contributed by atoms with Gasteiger partial charge in [-0.3, -0.25) is 14.9 Å². The minimum Gasteiger partial charge on any atom is -0.497 e. The van der Waals surface area contributed by atoms with E-state index < -0.39 is 11.9 Å². The number of fused-ring (bicyclic) bond motifs is 1. The lowest BCUT2D eigenvalue weighted by atomic mass is 10.2. The minimum atomic E-state index is -0.810. The summed E-state index contributed by atoms with van der Waals surface area (Å²) in [6.07, 6.45) is -0.123. The summed E-state index contributed by atoms with van der Waals surface area (Å²) in [5, 5.41) is 9.64. The molecule has 0 saturated carbocycles. The third-order valence-corrected chi connectivity index (χ3v) is 4.32. The van der Waals surface area contributed by atoms with Gasteiger partial charge in [0, 0.05) is 11.3 Å². The zero-order valence-electron chi connectivity index (χ0n) is 14.8. The molecule has 142 valence electrons. The number of benzene rings is 2. The summed E-state index contributed by atoms with van der Waals surface area (Å²) in [5.74, 6) is 0.286. The smallest absolute Gasteiger partial charge is 0.252 e. The monoisotopic (exact) mass is 381 g/mol. The molecule has 1 aromatic heterocycles. The van der Waals surface area contributed by atoms with Crippen LogP contribution in [0.4, 0.5) is 16.0 Å². The molecule has 0 bridgehead atoms. The number of ether oxygens (including phenoxy) is 1. The highest BCUT2D eigenvalue weighted by Gasteiger charge is 2.35. The van der Waals surface area contributed by atoms with E-state index in [-0.39, 0.29) is 24.2 Å². The number of hydrogen-bond donors (Lipinski definition) is 2. The molecular weight excluding hydrogens is 365 g/mol. The summed E-state index contributed by atoms with van der Waals surface area (Å²) in [4.78, 5) is 28.8. The number of anilines is 2. The number of hydrogen-bond acceptors (Lipinski definition) is 5. The average Bonchev–Trinajstić information content (AvgIpc) is 3.22. The van der Waals surface area contributed by atoms with Gasteiger partial charge in [-0.05, 0) is 48.5 Å². The third-order valence-electron chi connectivity index (χ3n) is 4.32.